The first-order valence-corrected chi connectivity index (χ1v) is 6.59. The lowest BCUT2D eigenvalue weighted by Gasteiger charge is -2.30. The zero-order chi connectivity index (χ0) is 12.8. The molecule has 0 radical (unpaired) electrons. The molecule has 3 heteroatoms. The summed E-state index contributed by atoms with van der Waals surface area (Å²) in [5.41, 5.74) is 2.04. The van der Waals surface area contributed by atoms with Gasteiger partial charge in [-0.2, -0.15) is 0 Å². The van der Waals surface area contributed by atoms with Crippen LogP contribution in [-0.2, 0) is 4.79 Å². The second kappa shape index (κ2) is 6.24. The smallest absolute Gasteiger partial charge is 0.248 e. The quantitative estimate of drug-likeness (QED) is 0.828. The van der Waals surface area contributed by atoms with E-state index in [2.05, 4.69) is 16.3 Å². The van der Waals surface area contributed by atoms with Crippen molar-refractivity contribution < 1.29 is 4.79 Å². The molecule has 96 valence electrons. The summed E-state index contributed by atoms with van der Waals surface area (Å²) < 4.78 is 0. The lowest BCUT2D eigenvalue weighted by atomic mass is 10.1. The third kappa shape index (κ3) is 3.13. The van der Waals surface area contributed by atoms with E-state index in [1.54, 1.807) is 12.2 Å². The van der Waals surface area contributed by atoms with Crippen LogP contribution in [0.15, 0.2) is 36.4 Å². The fourth-order valence-electron chi connectivity index (χ4n) is 2.32. The van der Waals surface area contributed by atoms with Gasteiger partial charge in [0.2, 0.25) is 5.91 Å². The molecule has 0 atom stereocenters. The zero-order valence-corrected chi connectivity index (χ0v) is 10.9. The fraction of sp³-hybridized carbons (Fsp3) is 0.400. The van der Waals surface area contributed by atoms with Crippen molar-refractivity contribution in [3.8, 4) is 0 Å². The molecule has 1 aromatic carbocycles. The van der Waals surface area contributed by atoms with Gasteiger partial charge in [0.15, 0.2) is 0 Å². The Morgan fingerprint density at radius 3 is 2.67 bits per heavy atom. The molecular formula is C15H20N2O. The van der Waals surface area contributed by atoms with Crippen molar-refractivity contribution in [1.29, 1.82) is 0 Å². The third-order valence-electron chi connectivity index (χ3n) is 3.18. The summed E-state index contributed by atoms with van der Waals surface area (Å²) in [6.07, 6.45) is 7.07. The Hall–Kier alpha value is -1.77. The molecular weight excluding hydrogens is 224 g/mol. The van der Waals surface area contributed by atoms with E-state index < -0.39 is 0 Å². The molecule has 1 aliphatic heterocycles. The van der Waals surface area contributed by atoms with E-state index in [0.717, 1.165) is 24.5 Å². The average molecular weight is 244 g/mol. The number of nitrogens with one attached hydrogen (secondary N) is 1. The molecule has 1 fully saturated rings. The fourth-order valence-corrected chi connectivity index (χ4v) is 2.32. The van der Waals surface area contributed by atoms with Crippen molar-refractivity contribution >= 4 is 17.3 Å². The molecule has 3 nitrogen and oxygen atoms in total. The molecule has 18 heavy (non-hydrogen) atoms. The lowest BCUT2D eigenvalue weighted by molar-refractivity contribution is -0.111. The number of anilines is 2. The Labute approximate surface area is 108 Å². The van der Waals surface area contributed by atoms with Crippen molar-refractivity contribution in [2.75, 3.05) is 23.3 Å². The highest BCUT2D eigenvalue weighted by Crippen LogP contribution is 2.28. The van der Waals surface area contributed by atoms with Crippen LogP contribution in [0.25, 0.3) is 0 Å². The lowest BCUT2D eigenvalue weighted by Crippen LogP contribution is -2.30. The van der Waals surface area contributed by atoms with E-state index in [0.29, 0.717) is 0 Å². The summed E-state index contributed by atoms with van der Waals surface area (Å²) in [5, 5.41) is 2.94. The third-order valence-corrected chi connectivity index (χ3v) is 3.18. The first-order chi connectivity index (χ1) is 8.81. The van der Waals surface area contributed by atoms with Crippen LogP contribution in [0.5, 0.6) is 0 Å². The first-order valence-electron chi connectivity index (χ1n) is 6.59. The number of carbonyl (C=O) groups excluding carboxylic acids is 1. The number of nitrogens with zero attached hydrogens (tertiary/aromatic N) is 1. The van der Waals surface area contributed by atoms with E-state index in [1.165, 1.54) is 19.3 Å². The molecule has 0 spiro atoms. The Balaban J connectivity index is 2.16. The van der Waals surface area contributed by atoms with Gasteiger partial charge in [-0.1, -0.05) is 18.2 Å². The minimum Gasteiger partial charge on any atom is -0.370 e. The van der Waals surface area contributed by atoms with E-state index in [4.69, 9.17) is 0 Å². The summed E-state index contributed by atoms with van der Waals surface area (Å²) in [6, 6.07) is 8.02. The highest BCUT2D eigenvalue weighted by molar-refractivity contribution is 6.01. The topological polar surface area (TPSA) is 32.3 Å². The largest absolute Gasteiger partial charge is 0.370 e. The average Bonchev–Trinajstić information content (AvgIpc) is 2.40. The molecule has 1 aliphatic rings. The number of para-hydroxylation sites is 2. The minimum atomic E-state index is -0.0676. The maximum atomic E-state index is 11.6. The van der Waals surface area contributed by atoms with E-state index in [9.17, 15) is 4.79 Å². The molecule has 0 saturated carbocycles. The number of rotatable bonds is 3. The Morgan fingerprint density at radius 1 is 1.22 bits per heavy atom. The van der Waals surface area contributed by atoms with Crippen LogP contribution in [-0.4, -0.2) is 19.0 Å². The van der Waals surface area contributed by atoms with Crippen LogP contribution in [0.1, 0.15) is 26.2 Å². The zero-order valence-electron chi connectivity index (χ0n) is 10.9. The predicted octanol–water partition coefficient (Wildman–Crippen LogP) is 3.19. The second-order valence-corrected chi connectivity index (χ2v) is 4.55. The number of carbonyl (C=O) groups is 1. The van der Waals surface area contributed by atoms with Crippen LogP contribution in [0.2, 0.25) is 0 Å². The standard InChI is InChI=1S/C15H20N2O/c1-2-8-15(18)16-13-9-4-5-10-14(13)17-11-6-3-7-12-17/h2,4-5,8-10H,3,6-7,11-12H2,1H3,(H,16,18). The van der Waals surface area contributed by atoms with Crippen LogP contribution in [0, 0.1) is 0 Å². The van der Waals surface area contributed by atoms with Crippen molar-refractivity contribution in [1.82, 2.24) is 0 Å². The molecule has 1 heterocycles. The molecule has 1 aromatic rings. The number of hydrogen-bond donors (Lipinski definition) is 1. The molecule has 0 aromatic heterocycles. The van der Waals surface area contributed by atoms with Gasteiger partial charge in [-0.3, -0.25) is 4.79 Å². The molecule has 1 amide bonds. The molecule has 0 aliphatic carbocycles. The van der Waals surface area contributed by atoms with Gasteiger partial charge in [-0.05, 0) is 44.4 Å². The first kappa shape index (κ1) is 12.7. The molecule has 1 saturated heterocycles. The highest BCUT2D eigenvalue weighted by Gasteiger charge is 2.14. The maximum Gasteiger partial charge on any atom is 0.248 e. The van der Waals surface area contributed by atoms with E-state index >= 15 is 0 Å². The Bertz CT molecular complexity index is 434. The van der Waals surface area contributed by atoms with Gasteiger partial charge in [-0.15, -0.1) is 0 Å². The van der Waals surface area contributed by atoms with Gasteiger partial charge in [0.1, 0.15) is 0 Å². The van der Waals surface area contributed by atoms with Gasteiger partial charge < -0.3 is 10.2 Å². The van der Waals surface area contributed by atoms with Crippen LogP contribution in [0.4, 0.5) is 11.4 Å². The van der Waals surface area contributed by atoms with E-state index in [-0.39, 0.29) is 5.91 Å². The van der Waals surface area contributed by atoms with Crippen molar-refractivity contribution in [2.24, 2.45) is 0 Å². The minimum absolute atomic E-state index is 0.0676. The second-order valence-electron chi connectivity index (χ2n) is 4.55. The van der Waals surface area contributed by atoms with Gasteiger partial charge in [0.05, 0.1) is 11.4 Å². The number of piperidine rings is 1. The Kier molecular flexibility index (Phi) is 4.40. The highest BCUT2D eigenvalue weighted by atomic mass is 16.1. The Morgan fingerprint density at radius 2 is 1.94 bits per heavy atom. The normalized spacial score (nSPS) is 15.9. The van der Waals surface area contributed by atoms with Crippen LogP contribution < -0.4 is 10.2 Å². The van der Waals surface area contributed by atoms with Crippen LogP contribution in [0.3, 0.4) is 0 Å². The number of hydrogen-bond acceptors (Lipinski definition) is 2. The molecule has 1 N–H and O–H groups in total. The molecule has 0 unspecified atom stereocenters. The molecule has 2 rings (SSSR count). The number of amides is 1. The van der Waals surface area contributed by atoms with E-state index in [1.807, 2.05) is 25.1 Å². The maximum absolute atomic E-state index is 11.6. The van der Waals surface area contributed by atoms with Gasteiger partial charge in [0, 0.05) is 13.1 Å². The summed E-state index contributed by atoms with van der Waals surface area (Å²) in [6.45, 7) is 4.00. The summed E-state index contributed by atoms with van der Waals surface area (Å²) in [7, 11) is 0. The predicted molar refractivity (Wildman–Crippen MR) is 75.9 cm³/mol. The number of allylic oxidation sites excluding steroid dienone is 1. The molecule has 0 bridgehead atoms. The number of benzene rings is 1. The van der Waals surface area contributed by atoms with Crippen molar-refractivity contribution in [3.63, 3.8) is 0 Å². The SMILES string of the molecule is CC=CC(=O)Nc1ccccc1N1CCCCC1. The summed E-state index contributed by atoms with van der Waals surface area (Å²) >= 11 is 0. The van der Waals surface area contributed by atoms with Crippen molar-refractivity contribution in [2.45, 2.75) is 26.2 Å². The summed E-state index contributed by atoms with van der Waals surface area (Å²) in [5.74, 6) is -0.0676. The van der Waals surface area contributed by atoms with Gasteiger partial charge in [0.25, 0.3) is 0 Å². The monoisotopic (exact) mass is 244 g/mol. The van der Waals surface area contributed by atoms with Crippen LogP contribution >= 0.6 is 0 Å². The van der Waals surface area contributed by atoms with Crippen molar-refractivity contribution in [3.05, 3.63) is 36.4 Å². The summed E-state index contributed by atoms with van der Waals surface area (Å²) in [4.78, 5) is 14.0. The van der Waals surface area contributed by atoms with Gasteiger partial charge >= 0.3 is 0 Å². The van der Waals surface area contributed by atoms with Gasteiger partial charge in [-0.25, -0.2) is 0 Å².